The second kappa shape index (κ2) is 2.77. The molecule has 0 heterocycles. The largest absolute Gasteiger partial charge is 0.0902 e. The summed E-state index contributed by atoms with van der Waals surface area (Å²) >= 11 is 5.21. The number of hydrogen-bond acceptors (Lipinski definition) is 0. The van der Waals surface area contributed by atoms with Crippen LogP contribution in [0.5, 0.6) is 0 Å². The maximum Gasteiger partial charge on any atom is 0.0177 e. The van der Waals surface area contributed by atoms with Crippen LogP contribution in [0, 0.1) is 5.92 Å². The molecular weight excluding hydrogens is 116 g/mol. The lowest BCUT2D eigenvalue weighted by molar-refractivity contribution is 0.399. The molecule has 2 unspecified atom stereocenters. The predicted octanol–water partition coefficient (Wildman–Crippen LogP) is 2.76. The van der Waals surface area contributed by atoms with E-state index < -0.39 is 0 Å². The summed E-state index contributed by atoms with van der Waals surface area (Å²) in [5.41, 5.74) is 0. The van der Waals surface area contributed by atoms with Gasteiger partial charge in [0.05, 0.1) is 0 Å². The topological polar surface area (TPSA) is 0 Å². The van der Waals surface area contributed by atoms with Crippen LogP contribution in [-0.4, -0.2) is 5.25 Å². The Morgan fingerprint density at radius 3 is 2.25 bits per heavy atom. The van der Waals surface area contributed by atoms with E-state index in [0.29, 0.717) is 5.25 Å². The van der Waals surface area contributed by atoms with Crippen molar-refractivity contribution in [3.63, 3.8) is 0 Å². The van der Waals surface area contributed by atoms with Gasteiger partial charge in [0.1, 0.15) is 0 Å². The highest BCUT2D eigenvalue weighted by Crippen LogP contribution is 2.27. The van der Waals surface area contributed by atoms with E-state index in [0.717, 1.165) is 5.92 Å². The van der Waals surface area contributed by atoms with Crippen LogP contribution in [0.2, 0.25) is 0 Å². The molecule has 1 saturated carbocycles. The van der Waals surface area contributed by atoms with Gasteiger partial charge < -0.3 is 0 Å². The van der Waals surface area contributed by atoms with Gasteiger partial charge in [-0.25, -0.2) is 0 Å². The molecule has 0 aromatic heterocycles. The minimum absolute atomic E-state index is 0.587. The van der Waals surface area contributed by atoms with E-state index in [1.165, 1.54) is 25.7 Å². The Kier molecular flexibility index (Phi) is 2.24. The zero-order valence-electron chi connectivity index (χ0n) is 5.39. The first kappa shape index (κ1) is 6.47. The van der Waals surface area contributed by atoms with Crippen LogP contribution in [0.3, 0.4) is 0 Å². The molecule has 2 atom stereocenters. The van der Waals surface area contributed by atoms with Crippen molar-refractivity contribution in [2.24, 2.45) is 5.92 Å². The van der Waals surface area contributed by atoms with Crippen LogP contribution in [0.4, 0.5) is 0 Å². The third kappa shape index (κ3) is 1.41. The van der Waals surface area contributed by atoms with Crippen molar-refractivity contribution in [2.75, 3.05) is 0 Å². The van der Waals surface area contributed by atoms with Gasteiger partial charge in [-0.3, -0.25) is 0 Å². The Hall–Kier alpha value is 0.350. The van der Waals surface area contributed by atoms with Crippen LogP contribution < -0.4 is 0 Å². The molecule has 0 aromatic carbocycles. The third-order valence-corrected chi connectivity index (χ3v) is 2.73. The summed E-state index contributed by atoms with van der Waals surface area (Å²) in [6.45, 7) is 2.27. The van der Waals surface area contributed by atoms with Crippen molar-refractivity contribution in [3.8, 4) is 0 Å². The van der Waals surface area contributed by atoms with Crippen LogP contribution in [0.1, 0.15) is 32.6 Å². The van der Waals surface area contributed by atoms with E-state index in [9.17, 15) is 0 Å². The minimum atomic E-state index is 0.587. The molecule has 0 N–H and O–H groups in total. The fourth-order valence-electron chi connectivity index (χ4n) is 1.28. The first-order valence-corrected chi connectivity index (χ1v) is 3.93. The highest BCUT2D eigenvalue weighted by atomic mass is 32.1. The van der Waals surface area contributed by atoms with Gasteiger partial charge in [0.25, 0.3) is 0 Å². The Bertz CT molecular complexity index is 60.8. The quantitative estimate of drug-likeness (QED) is 0.472. The van der Waals surface area contributed by atoms with E-state index in [1.807, 2.05) is 0 Å². The van der Waals surface area contributed by atoms with Crippen LogP contribution in [0.25, 0.3) is 0 Å². The van der Waals surface area contributed by atoms with Gasteiger partial charge >= 0.3 is 0 Å². The summed E-state index contributed by atoms with van der Waals surface area (Å²) in [6.07, 6.45) is 5.44. The molecule has 0 spiro atoms. The van der Waals surface area contributed by atoms with Gasteiger partial charge in [0.2, 0.25) is 0 Å². The Morgan fingerprint density at radius 2 is 1.88 bits per heavy atom. The first-order valence-electron chi connectivity index (χ1n) is 3.46. The predicted molar refractivity (Wildman–Crippen MR) is 39.0 cm³/mol. The molecule has 0 saturated heterocycles. The molecule has 0 aromatic rings. The average molecular weight is 129 g/mol. The second-order valence-corrected chi connectivity index (χ2v) is 3.41. The monoisotopic (exact) mass is 129 g/mol. The molecule has 1 radical (unpaired) electrons. The standard InChI is InChI=1S/C7H13S/c1-6-4-2-3-5-7(6)8/h6-7H,2-5H2,1H3. The molecule has 1 rings (SSSR count). The number of rotatable bonds is 0. The van der Waals surface area contributed by atoms with E-state index >= 15 is 0 Å². The fraction of sp³-hybridized carbons (Fsp3) is 1.00. The summed E-state index contributed by atoms with van der Waals surface area (Å²) in [7, 11) is 0. The van der Waals surface area contributed by atoms with Crippen molar-refractivity contribution < 1.29 is 0 Å². The van der Waals surface area contributed by atoms with Crippen LogP contribution >= 0.6 is 12.6 Å². The van der Waals surface area contributed by atoms with E-state index in [1.54, 1.807) is 0 Å². The maximum absolute atomic E-state index is 5.21. The van der Waals surface area contributed by atoms with Gasteiger partial charge in [-0.15, -0.1) is 0 Å². The molecule has 1 aliphatic carbocycles. The fourth-order valence-corrected chi connectivity index (χ4v) is 1.58. The highest BCUT2D eigenvalue weighted by molar-refractivity contribution is 7.81. The SMILES string of the molecule is CC1CCCCC1[S]. The summed E-state index contributed by atoms with van der Waals surface area (Å²) in [5.74, 6) is 0.818. The van der Waals surface area contributed by atoms with Gasteiger partial charge in [-0.2, -0.15) is 0 Å². The second-order valence-electron chi connectivity index (χ2n) is 2.80. The molecule has 0 bridgehead atoms. The summed E-state index contributed by atoms with van der Waals surface area (Å²) in [6, 6.07) is 0. The van der Waals surface area contributed by atoms with Crippen molar-refractivity contribution in [1.29, 1.82) is 0 Å². The van der Waals surface area contributed by atoms with Gasteiger partial charge in [0.15, 0.2) is 0 Å². The molecule has 0 amide bonds. The minimum Gasteiger partial charge on any atom is -0.0902 e. The van der Waals surface area contributed by atoms with E-state index in [-0.39, 0.29) is 0 Å². The summed E-state index contributed by atoms with van der Waals surface area (Å²) < 4.78 is 0. The molecule has 8 heavy (non-hydrogen) atoms. The molecular formula is C7H13S. The third-order valence-electron chi connectivity index (χ3n) is 2.03. The summed E-state index contributed by atoms with van der Waals surface area (Å²) in [4.78, 5) is 0. The Labute approximate surface area is 57.1 Å². The van der Waals surface area contributed by atoms with Crippen LogP contribution in [0.15, 0.2) is 0 Å². The molecule has 47 valence electrons. The Balaban J connectivity index is 2.28. The number of hydrogen-bond donors (Lipinski definition) is 0. The average Bonchev–Trinajstić information content (AvgIpc) is 1.77. The van der Waals surface area contributed by atoms with Crippen molar-refractivity contribution in [2.45, 2.75) is 37.9 Å². The van der Waals surface area contributed by atoms with Crippen molar-refractivity contribution in [1.82, 2.24) is 0 Å². The lowest BCUT2D eigenvalue weighted by atomic mass is 9.90. The van der Waals surface area contributed by atoms with Crippen molar-refractivity contribution in [3.05, 3.63) is 0 Å². The van der Waals surface area contributed by atoms with Gasteiger partial charge in [0, 0.05) is 5.25 Å². The summed E-state index contributed by atoms with van der Waals surface area (Å²) in [5, 5.41) is 0.587. The van der Waals surface area contributed by atoms with E-state index in [4.69, 9.17) is 12.6 Å². The van der Waals surface area contributed by atoms with Crippen LogP contribution in [-0.2, 0) is 0 Å². The first-order chi connectivity index (χ1) is 3.80. The zero-order chi connectivity index (χ0) is 5.98. The highest BCUT2D eigenvalue weighted by Gasteiger charge is 2.17. The molecule has 1 fully saturated rings. The van der Waals surface area contributed by atoms with Crippen molar-refractivity contribution >= 4 is 12.6 Å². The molecule has 1 aliphatic rings. The molecule has 0 aliphatic heterocycles. The molecule has 1 heteroatoms. The van der Waals surface area contributed by atoms with E-state index in [2.05, 4.69) is 6.92 Å². The maximum atomic E-state index is 5.21. The molecule has 0 nitrogen and oxygen atoms in total. The normalized spacial score (nSPS) is 39.8. The Morgan fingerprint density at radius 1 is 1.25 bits per heavy atom. The van der Waals surface area contributed by atoms with Gasteiger partial charge in [-0.05, 0) is 18.8 Å². The van der Waals surface area contributed by atoms with Gasteiger partial charge in [-0.1, -0.05) is 32.4 Å². The lowest BCUT2D eigenvalue weighted by Crippen LogP contribution is -2.15. The zero-order valence-corrected chi connectivity index (χ0v) is 6.21. The smallest absolute Gasteiger partial charge is 0.0177 e. The lowest BCUT2D eigenvalue weighted by Gasteiger charge is -2.22.